The quantitative estimate of drug-likeness (QED) is 0.851. The van der Waals surface area contributed by atoms with Gasteiger partial charge in [0.25, 0.3) is 0 Å². The highest BCUT2D eigenvalue weighted by atomic mass is 19.1. The standard InChI is InChI=1S/C16H19FO4/c1-9(2)16(8-11-4-6-14(16)20-11)21-13-7-10(15(18)19)3-5-12(13)17/h3,5,7,9,11,14H,4,6,8H2,1-2H3,(H,18,19)/p-1. The molecule has 2 bridgehead atoms. The first-order valence-corrected chi connectivity index (χ1v) is 7.28. The van der Waals surface area contributed by atoms with Crippen molar-refractivity contribution in [3.05, 3.63) is 29.6 Å². The number of carbonyl (C=O) groups excluding carboxylic acids is 1. The van der Waals surface area contributed by atoms with E-state index in [4.69, 9.17) is 9.47 Å². The molecule has 1 aromatic rings. The molecule has 3 atom stereocenters. The van der Waals surface area contributed by atoms with E-state index in [0.717, 1.165) is 18.9 Å². The summed E-state index contributed by atoms with van der Waals surface area (Å²) in [6, 6.07) is 3.47. The number of fused-ring (bicyclic) bond motifs is 2. The Hall–Kier alpha value is -1.62. The van der Waals surface area contributed by atoms with Crippen LogP contribution in [0.4, 0.5) is 4.39 Å². The Morgan fingerprint density at radius 1 is 1.48 bits per heavy atom. The van der Waals surface area contributed by atoms with Gasteiger partial charge in [0.15, 0.2) is 11.6 Å². The Morgan fingerprint density at radius 3 is 2.76 bits per heavy atom. The maximum absolute atomic E-state index is 14.0. The van der Waals surface area contributed by atoms with Gasteiger partial charge < -0.3 is 19.4 Å². The third kappa shape index (κ3) is 2.29. The van der Waals surface area contributed by atoms with Gasteiger partial charge in [0.2, 0.25) is 0 Å². The fraction of sp³-hybridized carbons (Fsp3) is 0.562. The molecule has 114 valence electrons. The summed E-state index contributed by atoms with van der Waals surface area (Å²) in [7, 11) is 0. The first-order valence-electron chi connectivity index (χ1n) is 7.28. The van der Waals surface area contributed by atoms with Crippen molar-refractivity contribution in [2.24, 2.45) is 5.92 Å². The lowest BCUT2D eigenvalue weighted by Crippen LogP contribution is -2.50. The molecule has 3 unspecified atom stereocenters. The van der Waals surface area contributed by atoms with Gasteiger partial charge in [-0.05, 0) is 37.0 Å². The normalized spacial score (nSPS) is 30.9. The second-order valence-electron chi connectivity index (χ2n) is 6.17. The average molecular weight is 293 g/mol. The van der Waals surface area contributed by atoms with E-state index >= 15 is 0 Å². The van der Waals surface area contributed by atoms with Gasteiger partial charge in [-0.25, -0.2) is 4.39 Å². The van der Waals surface area contributed by atoms with Crippen LogP contribution in [0.2, 0.25) is 0 Å². The van der Waals surface area contributed by atoms with E-state index in [-0.39, 0.29) is 29.4 Å². The van der Waals surface area contributed by atoms with Crippen molar-refractivity contribution in [2.75, 3.05) is 0 Å². The number of carbonyl (C=O) groups is 1. The minimum Gasteiger partial charge on any atom is -0.545 e. The molecule has 21 heavy (non-hydrogen) atoms. The van der Waals surface area contributed by atoms with Crippen LogP contribution < -0.4 is 9.84 Å². The Kier molecular flexibility index (Phi) is 3.40. The highest BCUT2D eigenvalue weighted by Gasteiger charge is 2.56. The van der Waals surface area contributed by atoms with E-state index in [1.807, 2.05) is 13.8 Å². The third-order valence-electron chi connectivity index (χ3n) is 4.64. The van der Waals surface area contributed by atoms with E-state index < -0.39 is 17.4 Å². The lowest BCUT2D eigenvalue weighted by atomic mass is 9.77. The van der Waals surface area contributed by atoms with E-state index in [9.17, 15) is 14.3 Å². The molecule has 2 saturated heterocycles. The number of carboxylic acid groups (broad SMARTS) is 1. The van der Waals surface area contributed by atoms with E-state index in [1.165, 1.54) is 12.1 Å². The van der Waals surface area contributed by atoms with Crippen molar-refractivity contribution >= 4 is 5.97 Å². The molecule has 3 rings (SSSR count). The molecule has 0 N–H and O–H groups in total. The number of benzene rings is 1. The summed E-state index contributed by atoms with van der Waals surface area (Å²) in [6.45, 7) is 4.04. The summed E-state index contributed by atoms with van der Waals surface area (Å²) in [5.74, 6) is -1.81. The summed E-state index contributed by atoms with van der Waals surface area (Å²) in [4.78, 5) is 10.9. The molecular weight excluding hydrogens is 275 g/mol. The molecule has 2 aliphatic heterocycles. The van der Waals surface area contributed by atoms with Crippen LogP contribution in [0.5, 0.6) is 5.75 Å². The molecule has 0 amide bonds. The van der Waals surface area contributed by atoms with Crippen LogP contribution in [-0.2, 0) is 4.74 Å². The van der Waals surface area contributed by atoms with Crippen molar-refractivity contribution in [2.45, 2.75) is 50.9 Å². The predicted molar refractivity (Wildman–Crippen MR) is 71.4 cm³/mol. The molecule has 2 heterocycles. The Morgan fingerprint density at radius 2 is 2.24 bits per heavy atom. The van der Waals surface area contributed by atoms with Gasteiger partial charge >= 0.3 is 0 Å². The van der Waals surface area contributed by atoms with Crippen LogP contribution in [0, 0.1) is 11.7 Å². The Labute approximate surface area is 122 Å². The van der Waals surface area contributed by atoms with E-state index in [1.54, 1.807) is 0 Å². The molecule has 4 nitrogen and oxygen atoms in total. The summed E-state index contributed by atoms with van der Waals surface area (Å²) < 4.78 is 25.8. The molecule has 5 heteroatoms. The topological polar surface area (TPSA) is 58.6 Å². The number of aromatic carboxylic acids is 1. The third-order valence-corrected chi connectivity index (χ3v) is 4.64. The van der Waals surface area contributed by atoms with Crippen molar-refractivity contribution in [1.82, 2.24) is 0 Å². The lowest BCUT2D eigenvalue weighted by Gasteiger charge is -2.39. The van der Waals surface area contributed by atoms with Crippen LogP contribution in [0.1, 0.15) is 43.5 Å². The zero-order valence-corrected chi connectivity index (χ0v) is 12.1. The monoisotopic (exact) mass is 293 g/mol. The minimum atomic E-state index is -1.34. The van der Waals surface area contributed by atoms with Gasteiger partial charge in [-0.15, -0.1) is 0 Å². The fourth-order valence-corrected chi connectivity index (χ4v) is 3.45. The first-order chi connectivity index (χ1) is 9.92. The molecule has 0 saturated carbocycles. The van der Waals surface area contributed by atoms with Gasteiger partial charge in [-0.3, -0.25) is 0 Å². The predicted octanol–water partition coefficient (Wildman–Crippen LogP) is 1.91. The van der Waals surface area contributed by atoms with Crippen molar-refractivity contribution in [3.8, 4) is 5.75 Å². The van der Waals surface area contributed by atoms with Crippen molar-refractivity contribution < 1.29 is 23.8 Å². The summed E-state index contributed by atoms with van der Waals surface area (Å²) in [5.41, 5.74) is -0.678. The zero-order valence-electron chi connectivity index (χ0n) is 12.1. The average Bonchev–Trinajstić information content (AvgIpc) is 3.02. The summed E-state index contributed by atoms with van der Waals surface area (Å²) in [6.07, 6.45) is 2.71. The second kappa shape index (κ2) is 4.98. The number of ether oxygens (including phenoxy) is 2. The second-order valence-corrected chi connectivity index (χ2v) is 6.17. The highest BCUT2D eigenvalue weighted by molar-refractivity contribution is 5.86. The zero-order chi connectivity index (χ0) is 15.2. The fourth-order valence-electron chi connectivity index (χ4n) is 3.45. The molecule has 1 aromatic carbocycles. The molecule has 2 fully saturated rings. The smallest absolute Gasteiger partial charge is 0.165 e. The van der Waals surface area contributed by atoms with Crippen LogP contribution in [0.25, 0.3) is 0 Å². The number of hydrogen-bond donors (Lipinski definition) is 0. The number of hydrogen-bond acceptors (Lipinski definition) is 4. The van der Waals surface area contributed by atoms with Gasteiger partial charge in [0.1, 0.15) is 5.60 Å². The number of carboxylic acids is 1. The maximum Gasteiger partial charge on any atom is 0.165 e. The van der Waals surface area contributed by atoms with Crippen molar-refractivity contribution in [1.29, 1.82) is 0 Å². The van der Waals surface area contributed by atoms with Gasteiger partial charge in [0, 0.05) is 12.0 Å². The van der Waals surface area contributed by atoms with Crippen LogP contribution in [0.15, 0.2) is 18.2 Å². The van der Waals surface area contributed by atoms with E-state index in [0.29, 0.717) is 6.42 Å². The number of halogens is 1. The highest BCUT2D eigenvalue weighted by Crippen LogP contribution is 2.48. The molecule has 0 spiro atoms. The summed E-state index contributed by atoms with van der Waals surface area (Å²) in [5, 5.41) is 10.9. The molecule has 2 aliphatic rings. The minimum absolute atomic E-state index is 0.0402. The summed E-state index contributed by atoms with van der Waals surface area (Å²) >= 11 is 0. The molecule has 0 radical (unpaired) electrons. The molecular formula is C16H18FO4-. The number of rotatable bonds is 4. The van der Waals surface area contributed by atoms with Gasteiger partial charge in [0.05, 0.1) is 18.2 Å². The SMILES string of the molecule is CC(C)C1(Oc2cc(C(=O)[O-])ccc2F)CC2CCC1O2. The largest absolute Gasteiger partial charge is 0.545 e. The van der Waals surface area contributed by atoms with Gasteiger partial charge in [-0.1, -0.05) is 13.8 Å². The van der Waals surface area contributed by atoms with Crippen LogP contribution in [-0.4, -0.2) is 23.8 Å². The lowest BCUT2D eigenvalue weighted by molar-refractivity contribution is -0.255. The van der Waals surface area contributed by atoms with E-state index in [2.05, 4.69) is 0 Å². The first kappa shape index (κ1) is 14.3. The van der Waals surface area contributed by atoms with Crippen LogP contribution >= 0.6 is 0 Å². The Balaban J connectivity index is 1.94. The Bertz CT molecular complexity index is 571. The van der Waals surface area contributed by atoms with Crippen LogP contribution in [0.3, 0.4) is 0 Å². The van der Waals surface area contributed by atoms with Gasteiger partial charge in [-0.2, -0.15) is 0 Å². The molecule has 0 aliphatic carbocycles. The van der Waals surface area contributed by atoms with Crippen molar-refractivity contribution in [3.63, 3.8) is 0 Å². The maximum atomic E-state index is 14.0. The molecule has 0 aromatic heterocycles.